The molecule has 0 heterocycles. The van der Waals surface area contributed by atoms with Crippen molar-refractivity contribution in [2.75, 3.05) is 13.7 Å². The van der Waals surface area contributed by atoms with E-state index in [1.165, 1.54) is 6.08 Å². The molecule has 2 rings (SSSR count). The van der Waals surface area contributed by atoms with Gasteiger partial charge < -0.3 is 14.8 Å². The van der Waals surface area contributed by atoms with Crippen molar-refractivity contribution in [3.63, 3.8) is 0 Å². The number of methoxy groups -OCH3 is 1. The van der Waals surface area contributed by atoms with Gasteiger partial charge in [0.1, 0.15) is 5.75 Å². The maximum atomic E-state index is 12.0. The zero-order valence-electron chi connectivity index (χ0n) is 14.9. The Kier molecular flexibility index (Phi) is 7.70. The van der Waals surface area contributed by atoms with E-state index in [1.807, 2.05) is 6.07 Å². The van der Waals surface area contributed by atoms with Gasteiger partial charge in [-0.2, -0.15) is 0 Å². The Balaban J connectivity index is 1.83. The van der Waals surface area contributed by atoms with Crippen LogP contribution in [-0.2, 0) is 14.3 Å². The maximum Gasteiger partial charge on any atom is 0.331 e. The average molecular weight is 408 g/mol. The second-order valence-electron chi connectivity index (χ2n) is 5.67. The summed E-state index contributed by atoms with van der Waals surface area (Å²) in [6.07, 6.45) is 2.83. The fourth-order valence-electron chi connectivity index (χ4n) is 2.31. The second kappa shape index (κ2) is 10.00. The van der Waals surface area contributed by atoms with Gasteiger partial charge in [-0.25, -0.2) is 4.79 Å². The quantitative estimate of drug-likeness (QED) is 0.544. The van der Waals surface area contributed by atoms with Gasteiger partial charge in [-0.05, 0) is 48.4 Å². The van der Waals surface area contributed by atoms with Crippen LogP contribution < -0.4 is 10.1 Å². The van der Waals surface area contributed by atoms with Crippen LogP contribution in [0.5, 0.6) is 5.75 Å². The van der Waals surface area contributed by atoms with Crippen molar-refractivity contribution < 1.29 is 19.1 Å². The third kappa shape index (κ3) is 6.62. The highest BCUT2D eigenvalue weighted by atomic mass is 35.5. The van der Waals surface area contributed by atoms with Gasteiger partial charge in [0.05, 0.1) is 13.2 Å². The van der Waals surface area contributed by atoms with E-state index in [1.54, 1.807) is 56.5 Å². The second-order valence-corrected chi connectivity index (χ2v) is 6.52. The van der Waals surface area contributed by atoms with E-state index in [2.05, 4.69) is 5.32 Å². The number of amides is 1. The predicted octanol–water partition coefficient (Wildman–Crippen LogP) is 4.44. The lowest BCUT2D eigenvalue weighted by molar-refractivity contribution is -0.144. The van der Waals surface area contributed by atoms with Gasteiger partial charge in [0.15, 0.2) is 6.61 Å². The molecule has 1 atom stereocenters. The summed E-state index contributed by atoms with van der Waals surface area (Å²) >= 11 is 12.0. The molecule has 2 aromatic rings. The lowest BCUT2D eigenvalue weighted by Gasteiger charge is -2.15. The molecule has 142 valence electrons. The minimum atomic E-state index is -0.620. The number of hydrogen-bond acceptors (Lipinski definition) is 4. The Morgan fingerprint density at radius 2 is 1.96 bits per heavy atom. The third-order valence-electron chi connectivity index (χ3n) is 3.66. The Morgan fingerprint density at radius 1 is 1.19 bits per heavy atom. The number of carbonyl (C=O) groups is 2. The molecule has 1 unspecified atom stereocenters. The summed E-state index contributed by atoms with van der Waals surface area (Å²) in [4.78, 5) is 23.7. The number of hydrogen-bond donors (Lipinski definition) is 1. The molecule has 5 nitrogen and oxygen atoms in total. The number of rotatable bonds is 7. The molecule has 0 aliphatic heterocycles. The Bertz CT molecular complexity index is 852. The number of halogens is 2. The van der Waals surface area contributed by atoms with Crippen LogP contribution in [0.2, 0.25) is 10.0 Å². The topological polar surface area (TPSA) is 64.6 Å². The van der Waals surface area contributed by atoms with Crippen molar-refractivity contribution in [2.24, 2.45) is 0 Å². The number of nitrogens with one attached hydrogen (secondary N) is 1. The van der Waals surface area contributed by atoms with Crippen molar-refractivity contribution in [3.8, 4) is 5.75 Å². The number of benzene rings is 2. The first-order valence-corrected chi connectivity index (χ1v) is 8.88. The van der Waals surface area contributed by atoms with Gasteiger partial charge in [0, 0.05) is 16.1 Å². The van der Waals surface area contributed by atoms with Crippen LogP contribution in [0.15, 0.2) is 48.5 Å². The van der Waals surface area contributed by atoms with Gasteiger partial charge in [-0.3, -0.25) is 4.79 Å². The summed E-state index contributed by atoms with van der Waals surface area (Å²) in [6.45, 7) is 1.38. The lowest BCUT2D eigenvalue weighted by atomic mass is 10.1. The minimum Gasteiger partial charge on any atom is -0.497 e. The fraction of sp³-hybridized carbons (Fsp3) is 0.200. The van der Waals surface area contributed by atoms with Gasteiger partial charge >= 0.3 is 5.97 Å². The Hall–Kier alpha value is -2.50. The van der Waals surface area contributed by atoms with Gasteiger partial charge in [0.2, 0.25) is 0 Å². The van der Waals surface area contributed by atoms with E-state index in [0.29, 0.717) is 15.8 Å². The molecule has 0 bridgehead atoms. The fourth-order valence-corrected chi connectivity index (χ4v) is 2.88. The predicted molar refractivity (Wildman–Crippen MR) is 106 cm³/mol. The van der Waals surface area contributed by atoms with Crippen LogP contribution >= 0.6 is 23.2 Å². The summed E-state index contributed by atoms with van der Waals surface area (Å²) < 4.78 is 10.1. The summed E-state index contributed by atoms with van der Waals surface area (Å²) in [5.74, 6) is -0.374. The molecule has 0 saturated heterocycles. The van der Waals surface area contributed by atoms with Crippen LogP contribution in [-0.4, -0.2) is 25.6 Å². The summed E-state index contributed by atoms with van der Waals surface area (Å²) in [5.41, 5.74) is 1.50. The highest BCUT2D eigenvalue weighted by Crippen LogP contribution is 2.26. The standard InChI is InChI=1S/C20H19Cl2NO4/c1-13(17-8-7-15(21)11-18(17)22)23-19(24)12-27-20(25)9-6-14-4-3-5-16(10-14)26-2/h3-11,13H,12H2,1-2H3,(H,23,24)/b9-6+. The van der Waals surface area contributed by atoms with E-state index < -0.39 is 18.5 Å². The molecular weight excluding hydrogens is 389 g/mol. The molecule has 0 spiro atoms. The van der Waals surface area contributed by atoms with Gasteiger partial charge in [0.25, 0.3) is 5.91 Å². The monoisotopic (exact) mass is 407 g/mol. The van der Waals surface area contributed by atoms with Gasteiger partial charge in [-0.15, -0.1) is 0 Å². The van der Waals surface area contributed by atoms with Crippen LogP contribution in [0.25, 0.3) is 6.08 Å². The molecular formula is C20H19Cl2NO4. The summed E-state index contributed by atoms with van der Waals surface area (Å²) in [6, 6.07) is 11.9. The molecule has 0 aromatic heterocycles. The van der Waals surface area contributed by atoms with Crippen molar-refractivity contribution in [1.29, 1.82) is 0 Å². The van der Waals surface area contributed by atoms with Gasteiger partial charge in [-0.1, -0.05) is 41.4 Å². The Labute approximate surface area is 167 Å². The summed E-state index contributed by atoms with van der Waals surface area (Å²) in [5, 5.41) is 3.68. The van der Waals surface area contributed by atoms with E-state index in [4.69, 9.17) is 32.7 Å². The van der Waals surface area contributed by atoms with Crippen LogP contribution in [0.4, 0.5) is 0 Å². The van der Waals surface area contributed by atoms with Crippen LogP contribution in [0, 0.1) is 0 Å². The molecule has 0 fully saturated rings. The first kappa shape index (κ1) is 20.8. The SMILES string of the molecule is COc1cccc(/C=C/C(=O)OCC(=O)NC(C)c2ccc(Cl)cc2Cl)c1. The molecule has 7 heteroatoms. The third-order valence-corrected chi connectivity index (χ3v) is 4.22. The van der Waals surface area contributed by atoms with Crippen molar-refractivity contribution in [1.82, 2.24) is 5.32 Å². The molecule has 0 radical (unpaired) electrons. The minimum absolute atomic E-state index is 0.353. The molecule has 0 aliphatic carbocycles. The molecule has 2 aromatic carbocycles. The molecule has 27 heavy (non-hydrogen) atoms. The zero-order chi connectivity index (χ0) is 19.8. The molecule has 0 saturated carbocycles. The van der Waals surface area contributed by atoms with E-state index in [9.17, 15) is 9.59 Å². The molecule has 0 aliphatic rings. The largest absolute Gasteiger partial charge is 0.497 e. The highest BCUT2D eigenvalue weighted by molar-refractivity contribution is 6.35. The highest BCUT2D eigenvalue weighted by Gasteiger charge is 2.14. The molecule has 1 amide bonds. The summed E-state index contributed by atoms with van der Waals surface area (Å²) in [7, 11) is 1.56. The van der Waals surface area contributed by atoms with Crippen molar-refractivity contribution in [2.45, 2.75) is 13.0 Å². The normalized spacial score (nSPS) is 11.9. The first-order valence-electron chi connectivity index (χ1n) is 8.12. The van der Waals surface area contributed by atoms with Crippen LogP contribution in [0.3, 0.4) is 0 Å². The average Bonchev–Trinajstić information content (AvgIpc) is 2.64. The zero-order valence-corrected chi connectivity index (χ0v) is 16.4. The number of esters is 1. The smallest absolute Gasteiger partial charge is 0.331 e. The van der Waals surface area contributed by atoms with Crippen molar-refractivity contribution >= 4 is 41.2 Å². The van der Waals surface area contributed by atoms with Crippen molar-refractivity contribution in [3.05, 3.63) is 69.7 Å². The van der Waals surface area contributed by atoms with E-state index in [0.717, 1.165) is 11.1 Å². The number of ether oxygens (including phenoxy) is 2. The lowest BCUT2D eigenvalue weighted by Crippen LogP contribution is -2.31. The Morgan fingerprint density at radius 3 is 2.67 bits per heavy atom. The van der Waals surface area contributed by atoms with E-state index in [-0.39, 0.29) is 6.04 Å². The van der Waals surface area contributed by atoms with E-state index >= 15 is 0 Å². The molecule has 1 N–H and O–H groups in total. The maximum absolute atomic E-state index is 12.0. The first-order chi connectivity index (χ1) is 12.9. The van der Waals surface area contributed by atoms with Crippen LogP contribution in [0.1, 0.15) is 24.1 Å². The number of carbonyl (C=O) groups excluding carboxylic acids is 2.